The van der Waals surface area contributed by atoms with Gasteiger partial charge in [-0.05, 0) is 41.0 Å². The molecule has 0 spiro atoms. The minimum Gasteiger partial charge on any atom is -0.497 e. The number of likely N-dealkylation sites (N-methyl/N-ethyl adjacent to an activating group) is 1. The Morgan fingerprint density at radius 1 is 0.979 bits per heavy atom. The summed E-state index contributed by atoms with van der Waals surface area (Å²) in [4.78, 5) is 20.0. The third kappa shape index (κ3) is 7.18. The molecule has 0 aliphatic carbocycles. The van der Waals surface area contributed by atoms with Gasteiger partial charge in [0.05, 0.1) is 35.9 Å². The van der Waals surface area contributed by atoms with Gasteiger partial charge in [-0.1, -0.05) is 23.7 Å². The van der Waals surface area contributed by atoms with Crippen molar-refractivity contribution in [1.82, 2.24) is 14.2 Å². The molecule has 1 aliphatic rings. The zero-order valence-electron chi connectivity index (χ0n) is 26.8. The van der Waals surface area contributed by atoms with Crippen molar-refractivity contribution in [3.05, 3.63) is 93.1 Å². The highest BCUT2D eigenvalue weighted by atomic mass is 35.5. The number of rotatable bonds is 12. The Morgan fingerprint density at radius 2 is 1.67 bits per heavy atom. The van der Waals surface area contributed by atoms with Gasteiger partial charge >= 0.3 is 0 Å². The van der Waals surface area contributed by atoms with Crippen LogP contribution in [0, 0.1) is 11.6 Å². The first-order valence-electron chi connectivity index (χ1n) is 14.5. The van der Waals surface area contributed by atoms with Crippen LogP contribution in [0.5, 0.6) is 11.5 Å². The average Bonchev–Trinajstić information content (AvgIpc) is 3.34. The smallest absolute Gasteiger partial charge is 0.258 e. The Kier molecular flexibility index (Phi) is 9.88. The Hall–Kier alpha value is -4.05. The first kappa shape index (κ1) is 35.3. The first-order valence-corrected chi connectivity index (χ1v) is 18.6. The summed E-state index contributed by atoms with van der Waals surface area (Å²) >= 11 is 5.92. The highest BCUT2D eigenvalue weighted by Crippen LogP contribution is 2.45. The molecule has 0 fully saturated rings. The second kappa shape index (κ2) is 13.5. The molecular weight excluding hydrogens is 690 g/mol. The van der Waals surface area contributed by atoms with Crippen molar-refractivity contribution in [2.45, 2.75) is 19.6 Å². The maximum Gasteiger partial charge on any atom is 0.258 e. The number of ether oxygens (including phenoxy) is 2. The lowest BCUT2D eigenvalue weighted by Gasteiger charge is -2.24. The van der Waals surface area contributed by atoms with Crippen LogP contribution in [0.1, 0.15) is 32.6 Å². The lowest BCUT2D eigenvalue weighted by Crippen LogP contribution is -2.36. The van der Waals surface area contributed by atoms with Crippen LogP contribution < -0.4 is 13.8 Å². The topological polar surface area (TPSA) is 126 Å². The van der Waals surface area contributed by atoms with Crippen LogP contribution >= 0.6 is 11.6 Å². The Morgan fingerprint density at radius 3 is 2.29 bits per heavy atom. The number of methoxy groups -OCH3 is 1. The summed E-state index contributed by atoms with van der Waals surface area (Å²) in [5, 5.41) is 0.0465. The predicted octanol–water partition coefficient (Wildman–Crippen LogP) is 4.59. The Labute approximate surface area is 282 Å². The molecule has 0 N–H and O–H groups in total. The van der Waals surface area contributed by atoms with Gasteiger partial charge in [-0.25, -0.2) is 29.9 Å². The van der Waals surface area contributed by atoms with Crippen LogP contribution in [-0.2, 0) is 39.6 Å². The summed E-state index contributed by atoms with van der Waals surface area (Å²) in [6, 6.07) is 10.6. The predicted molar refractivity (Wildman–Crippen MR) is 179 cm³/mol. The number of hydrogen-bond acceptors (Lipinski definition) is 8. The maximum atomic E-state index is 14.7. The summed E-state index contributed by atoms with van der Waals surface area (Å²) in [6.07, 6.45) is 3.45. The molecule has 1 aliphatic heterocycles. The quantitative estimate of drug-likeness (QED) is 0.195. The number of nitrogens with zero attached hydrogens (tertiary/aromatic N) is 4. The molecule has 1 aromatic heterocycles. The summed E-state index contributed by atoms with van der Waals surface area (Å²) in [5.41, 5.74) is 2.06. The van der Waals surface area contributed by atoms with Gasteiger partial charge in [-0.2, -0.15) is 0 Å². The molecule has 0 bridgehead atoms. The standard InChI is InChI=1S/C32H33ClF2N4O7S2/c1-37(47(4,41)42)10-11-39-17-24-28(32(39)40)31(46-18-19-6-8-22(45-3)9-7-19)29-23(30(24)38(2)48(5,43)44)13-20(16-36-29)12-21-14-25(33)27(35)15-26(21)34/h6-9,13-16H,10-12,17-18H2,1-5H3. The van der Waals surface area contributed by atoms with Gasteiger partial charge in [0.25, 0.3) is 5.91 Å². The number of anilines is 1. The summed E-state index contributed by atoms with van der Waals surface area (Å²) in [6.45, 7) is -0.0376. The minimum absolute atomic E-state index is 0.00837. The van der Waals surface area contributed by atoms with Gasteiger partial charge in [0.15, 0.2) is 5.75 Å². The molecular formula is C32H33ClF2N4O7S2. The number of benzene rings is 3. The number of fused-ring (bicyclic) bond motifs is 2. The maximum absolute atomic E-state index is 14.7. The van der Waals surface area contributed by atoms with Crippen molar-refractivity contribution >= 4 is 54.1 Å². The number of carbonyl (C=O) groups is 1. The molecule has 0 radical (unpaired) electrons. The lowest BCUT2D eigenvalue weighted by atomic mass is 9.98. The van der Waals surface area contributed by atoms with E-state index < -0.39 is 37.6 Å². The fourth-order valence-electron chi connectivity index (χ4n) is 5.37. The molecule has 4 aromatic rings. The van der Waals surface area contributed by atoms with Gasteiger partial charge in [-0.15, -0.1) is 0 Å². The SMILES string of the molecule is COc1ccc(COc2c3c(c(N(C)S(C)(=O)=O)c4cc(Cc5cc(Cl)c(F)cc5F)cnc24)CN(CCN(C)S(C)(=O)=O)C3=O)cc1. The van der Waals surface area contributed by atoms with Crippen molar-refractivity contribution in [2.75, 3.05) is 51.1 Å². The first-order chi connectivity index (χ1) is 22.5. The van der Waals surface area contributed by atoms with Crippen molar-refractivity contribution in [1.29, 1.82) is 0 Å². The van der Waals surface area contributed by atoms with Crippen molar-refractivity contribution in [2.24, 2.45) is 0 Å². The molecule has 2 heterocycles. The van der Waals surface area contributed by atoms with Crippen LogP contribution in [0.15, 0.2) is 48.7 Å². The normalized spacial score (nSPS) is 13.4. The van der Waals surface area contributed by atoms with Gasteiger partial charge in [0.1, 0.15) is 29.5 Å². The fourth-order valence-corrected chi connectivity index (χ4v) is 6.51. The van der Waals surface area contributed by atoms with Crippen molar-refractivity contribution < 1.29 is 39.9 Å². The zero-order chi connectivity index (χ0) is 35.1. The van der Waals surface area contributed by atoms with E-state index in [2.05, 4.69) is 4.98 Å². The van der Waals surface area contributed by atoms with E-state index in [1.165, 1.54) is 31.3 Å². The van der Waals surface area contributed by atoms with Crippen LogP contribution in [-0.4, -0.2) is 83.7 Å². The van der Waals surface area contributed by atoms with Crippen molar-refractivity contribution in [3.63, 3.8) is 0 Å². The fraction of sp³-hybridized carbons (Fsp3) is 0.312. The number of halogens is 3. The average molecular weight is 723 g/mol. The van der Waals surface area contributed by atoms with E-state index in [9.17, 15) is 30.4 Å². The number of sulfonamides is 2. The van der Waals surface area contributed by atoms with Crippen LogP contribution in [0.2, 0.25) is 5.02 Å². The highest BCUT2D eigenvalue weighted by molar-refractivity contribution is 7.92. The molecule has 0 saturated carbocycles. The molecule has 1 amide bonds. The summed E-state index contributed by atoms with van der Waals surface area (Å²) < 4.78 is 92.3. The minimum atomic E-state index is -3.90. The molecule has 3 aromatic carbocycles. The number of amides is 1. The highest BCUT2D eigenvalue weighted by Gasteiger charge is 2.38. The molecule has 5 rings (SSSR count). The Balaban J connectivity index is 1.69. The second-order valence-corrected chi connectivity index (χ2v) is 16.0. The zero-order valence-corrected chi connectivity index (χ0v) is 29.1. The molecule has 0 saturated heterocycles. The largest absolute Gasteiger partial charge is 0.497 e. The van der Waals surface area contributed by atoms with E-state index in [0.29, 0.717) is 28.3 Å². The van der Waals surface area contributed by atoms with Gasteiger partial charge in [0, 0.05) is 63.4 Å². The van der Waals surface area contributed by atoms with Gasteiger partial charge < -0.3 is 14.4 Å². The molecule has 0 unspecified atom stereocenters. The van der Waals surface area contributed by atoms with E-state index in [-0.39, 0.29) is 65.8 Å². The molecule has 11 nitrogen and oxygen atoms in total. The number of carbonyl (C=O) groups excluding carboxylic acids is 1. The van der Waals surface area contributed by atoms with Crippen LogP contribution in [0.3, 0.4) is 0 Å². The van der Waals surface area contributed by atoms with Crippen LogP contribution in [0.25, 0.3) is 10.9 Å². The second-order valence-electron chi connectivity index (χ2n) is 11.5. The molecule has 256 valence electrons. The van der Waals surface area contributed by atoms with Crippen molar-refractivity contribution in [3.8, 4) is 11.5 Å². The number of aromatic nitrogens is 1. The third-order valence-corrected chi connectivity index (χ3v) is 11.0. The summed E-state index contributed by atoms with van der Waals surface area (Å²) in [5.74, 6) is -1.47. The molecule has 48 heavy (non-hydrogen) atoms. The van der Waals surface area contributed by atoms with E-state index in [0.717, 1.165) is 26.7 Å². The van der Waals surface area contributed by atoms with Gasteiger partial charge in [-0.3, -0.25) is 14.1 Å². The molecule has 0 atom stereocenters. The number of pyridine rings is 1. The molecule has 16 heteroatoms. The Bertz CT molecular complexity index is 2130. The third-order valence-electron chi connectivity index (χ3n) is 8.17. The summed E-state index contributed by atoms with van der Waals surface area (Å²) in [7, 11) is -3.15. The number of hydrogen-bond donors (Lipinski definition) is 0. The lowest BCUT2D eigenvalue weighted by molar-refractivity contribution is 0.0770. The van der Waals surface area contributed by atoms with E-state index >= 15 is 0 Å². The van der Waals surface area contributed by atoms with E-state index in [4.69, 9.17) is 21.1 Å². The monoisotopic (exact) mass is 722 g/mol. The van der Waals surface area contributed by atoms with Crippen LogP contribution in [0.4, 0.5) is 14.5 Å². The van der Waals surface area contributed by atoms with E-state index in [1.807, 2.05) is 0 Å². The van der Waals surface area contributed by atoms with Gasteiger partial charge in [0.2, 0.25) is 20.0 Å². The van der Waals surface area contributed by atoms with E-state index in [1.54, 1.807) is 37.4 Å².